The molecular formula is C35H32N2O. The number of nitrogens with zero attached hydrogens (tertiary/aromatic N) is 1. The molecule has 0 fully saturated rings. The summed E-state index contributed by atoms with van der Waals surface area (Å²) in [6, 6.07) is 20.0. The lowest BCUT2D eigenvalue weighted by atomic mass is 9.83. The zero-order chi connectivity index (χ0) is 25.8. The summed E-state index contributed by atoms with van der Waals surface area (Å²) in [7, 11) is 0. The van der Waals surface area contributed by atoms with Crippen molar-refractivity contribution in [3.8, 4) is 0 Å². The molecule has 3 aliphatic rings. The first-order valence-corrected chi connectivity index (χ1v) is 13.6. The topological polar surface area (TPSA) is 28.4 Å². The molecule has 0 spiro atoms. The van der Waals surface area contributed by atoms with Gasteiger partial charge in [0, 0.05) is 52.1 Å². The Hall–Kier alpha value is -4.24. The molecule has 1 atom stereocenters. The largest absolute Gasteiger partial charge is 0.455 e. The van der Waals surface area contributed by atoms with Crippen LogP contribution in [0.3, 0.4) is 0 Å². The lowest BCUT2D eigenvalue weighted by molar-refractivity contribution is 0.426. The Morgan fingerprint density at radius 1 is 0.895 bits per heavy atom. The van der Waals surface area contributed by atoms with E-state index in [0.29, 0.717) is 5.92 Å². The fourth-order valence-electron chi connectivity index (χ4n) is 6.10. The van der Waals surface area contributed by atoms with Crippen LogP contribution in [0.25, 0.3) is 33.2 Å². The van der Waals surface area contributed by atoms with E-state index in [1.807, 2.05) is 0 Å². The Bertz CT molecular complexity index is 1740. The minimum Gasteiger partial charge on any atom is -0.455 e. The maximum absolute atomic E-state index is 6.83. The second-order valence-corrected chi connectivity index (χ2v) is 11.1. The van der Waals surface area contributed by atoms with Crippen molar-refractivity contribution in [2.24, 2.45) is 5.92 Å². The van der Waals surface area contributed by atoms with E-state index in [2.05, 4.69) is 128 Å². The van der Waals surface area contributed by atoms with Crippen LogP contribution < -0.4 is 5.32 Å². The first-order valence-electron chi connectivity index (χ1n) is 13.6. The minimum atomic E-state index is 0.0985. The van der Waals surface area contributed by atoms with Gasteiger partial charge in [0.15, 0.2) is 0 Å². The maximum Gasteiger partial charge on any atom is 0.141 e. The molecule has 7 rings (SSSR count). The van der Waals surface area contributed by atoms with Crippen molar-refractivity contribution in [3.63, 3.8) is 0 Å². The van der Waals surface area contributed by atoms with E-state index < -0.39 is 0 Å². The maximum atomic E-state index is 6.83. The van der Waals surface area contributed by atoms with Crippen LogP contribution >= 0.6 is 0 Å². The number of dihydropyridines is 1. The smallest absolute Gasteiger partial charge is 0.141 e. The van der Waals surface area contributed by atoms with Gasteiger partial charge >= 0.3 is 0 Å². The summed E-state index contributed by atoms with van der Waals surface area (Å²) in [5.74, 6) is 0.567. The monoisotopic (exact) mass is 496 g/mol. The van der Waals surface area contributed by atoms with E-state index in [1.54, 1.807) is 0 Å². The molecular weight excluding hydrogens is 464 g/mol. The van der Waals surface area contributed by atoms with Gasteiger partial charge in [-0.2, -0.15) is 0 Å². The van der Waals surface area contributed by atoms with Gasteiger partial charge in [-0.15, -0.1) is 0 Å². The van der Waals surface area contributed by atoms with E-state index in [4.69, 9.17) is 4.42 Å². The molecule has 3 heteroatoms. The molecule has 1 aromatic heterocycles. The first-order chi connectivity index (χ1) is 18.6. The standard InChI is InChI=1S/C35H32N2O/c1-22(2)19-24-9-8-12-28-29-16-15-27-30(25-10-4-5-11-26(25)31-17-14-23(3)20-36-31)21-37-18-7-6-13-32(37)33(27)35(29)38-34(24)28/h4-18,21-22,32,36H,19-20H2,1-3H3. The summed E-state index contributed by atoms with van der Waals surface area (Å²) in [6.45, 7) is 7.56. The molecule has 38 heavy (non-hydrogen) atoms. The van der Waals surface area contributed by atoms with E-state index in [1.165, 1.54) is 49.7 Å². The lowest BCUT2D eigenvalue weighted by Crippen LogP contribution is -2.24. The zero-order valence-corrected chi connectivity index (χ0v) is 22.2. The van der Waals surface area contributed by atoms with Gasteiger partial charge in [-0.25, -0.2) is 0 Å². The van der Waals surface area contributed by atoms with Crippen molar-refractivity contribution in [3.05, 3.63) is 131 Å². The molecule has 1 N–H and O–H groups in total. The van der Waals surface area contributed by atoms with Crippen molar-refractivity contribution in [2.75, 3.05) is 6.54 Å². The zero-order valence-electron chi connectivity index (χ0n) is 22.2. The summed E-state index contributed by atoms with van der Waals surface area (Å²) >= 11 is 0. The van der Waals surface area contributed by atoms with Crippen LogP contribution in [0.1, 0.15) is 54.6 Å². The Morgan fingerprint density at radius 3 is 2.55 bits per heavy atom. The van der Waals surface area contributed by atoms with Gasteiger partial charge in [0.05, 0.1) is 6.04 Å². The Kier molecular flexibility index (Phi) is 5.40. The SMILES string of the molecule is CC1=CC=C(c2ccccc2C2=CN3C=CC=CC3c3c2ccc2c3oc3c(CC(C)C)cccc32)NC1. The molecule has 1 unspecified atom stereocenters. The molecule has 0 aliphatic carbocycles. The summed E-state index contributed by atoms with van der Waals surface area (Å²) in [4.78, 5) is 2.32. The number of rotatable bonds is 4. The molecule has 0 radical (unpaired) electrons. The van der Waals surface area contributed by atoms with Crippen LogP contribution in [-0.4, -0.2) is 11.4 Å². The number of allylic oxidation sites excluding steroid dienone is 4. The molecule has 0 bridgehead atoms. The molecule has 3 aliphatic heterocycles. The van der Waals surface area contributed by atoms with Crippen molar-refractivity contribution in [1.29, 1.82) is 0 Å². The molecule has 3 nitrogen and oxygen atoms in total. The van der Waals surface area contributed by atoms with Crippen molar-refractivity contribution in [1.82, 2.24) is 10.2 Å². The van der Waals surface area contributed by atoms with E-state index in [0.717, 1.165) is 29.8 Å². The first kappa shape index (κ1) is 22.9. The van der Waals surface area contributed by atoms with E-state index >= 15 is 0 Å². The Labute approximate surface area is 224 Å². The number of nitrogens with one attached hydrogen (secondary N) is 1. The number of para-hydroxylation sites is 1. The molecule has 0 saturated heterocycles. The molecule has 3 aromatic carbocycles. The van der Waals surface area contributed by atoms with Crippen LogP contribution in [-0.2, 0) is 6.42 Å². The van der Waals surface area contributed by atoms with Crippen molar-refractivity contribution < 1.29 is 4.42 Å². The highest BCUT2D eigenvalue weighted by molar-refractivity contribution is 6.09. The predicted molar refractivity (Wildman–Crippen MR) is 158 cm³/mol. The number of hydrogen-bond donors (Lipinski definition) is 1. The van der Waals surface area contributed by atoms with Crippen molar-refractivity contribution in [2.45, 2.75) is 33.2 Å². The van der Waals surface area contributed by atoms with Gasteiger partial charge in [0.1, 0.15) is 11.2 Å². The average Bonchev–Trinajstić information content (AvgIpc) is 3.33. The second kappa shape index (κ2) is 8.95. The van der Waals surface area contributed by atoms with Gasteiger partial charge < -0.3 is 14.6 Å². The number of furan rings is 1. The third-order valence-electron chi connectivity index (χ3n) is 7.86. The third-order valence-corrected chi connectivity index (χ3v) is 7.86. The second-order valence-electron chi connectivity index (χ2n) is 11.1. The van der Waals surface area contributed by atoms with Crippen LogP contribution in [0.15, 0.2) is 107 Å². The molecule has 0 saturated carbocycles. The highest BCUT2D eigenvalue weighted by atomic mass is 16.3. The van der Waals surface area contributed by atoms with Crippen LogP contribution in [0.4, 0.5) is 0 Å². The average molecular weight is 497 g/mol. The van der Waals surface area contributed by atoms with E-state index in [-0.39, 0.29) is 6.04 Å². The van der Waals surface area contributed by atoms with Crippen LogP contribution in [0.2, 0.25) is 0 Å². The number of fused-ring (bicyclic) bond motifs is 7. The molecule has 0 amide bonds. The van der Waals surface area contributed by atoms with E-state index in [9.17, 15) is 0 Å². The van der Waals surface area contributed by atoms with Gasteiger partial charge in [-0.1, -0.05) is 86.2 Å². The fourth-order valence-corrected chi connectivity index (χ4v) is 6.10. The van der Waals surface area contributed by atoms with Gasteiger partial charge in [0.25, 0.3) is 0 Å². The highest BCUT2D eigenvalue weighted by Gasteiger charge is 2.31. The summed E-state index contributed by atoms with van der Waals surface area (Å²) < 4.78 is 6.83. The summed E-state index contributed by atoms with van der Waals surface area (Å²) in [5.41, 5.74) is 11.9. The highest BCUT2D eigenvalue weighted by Crippen LogP contribution is 2.47. The lowest BCUT2D eigenvalue weighted by Gasteiger charge is -2.35. The minimum absolute atomic E-state index is 0.0985. The third kappa shape index (κ3) is 3.65. The summed E-state index contributed by atoms with van der Waals surface area (Å²) in [6.07, 6.45) is 16.4. The van der Waals surface area contributed by atoms with Gasteiger partial charge in [-0.05, 0) is 54.2 Å². The fraction of sp³-hybridized carbons (Fsp3) is 0.200. The predicted octanol–water partition coefficient (Wildman–Crippen LogP) is 8.50. The van der Waals surface area contributed by atoms with Gasteiger partial charge in [-0.3, -0.25) is 0 Å². The Balaban J connectivity index is 1.48. The van der Waals surface area contributed by atoms with Crippen LogP contribution in [0.5, 0.6) is 0 Å². The number of benzene rings is 3. The molecule has 4 aromatic rings. The quantitative estimate of drug-likeness (QED) is 0.307. The van der Waals surface area contributed by atoms with Crippen molar-refractivity contribution >= 4 is 33.2 Å². The molecule has 188 valence electrons. The molecule has 4 heterocycles. The Morgan fingerprint density at radius 2 is 1.74 bits per heavy atom. The number of hydrogen-bond acceptors (Lipinski definition) is 3. The summed E-state index contributed by atoms with van der Waals surface area (Å²) in [5, 5.41) is 6.02. The van der Waals surface area contributed by atoms with Gasteiger partial charge in [0.2, 0.25) is 0 Å². The van der Waals surface area contributed by atoms with Crippen LogP contribution in [0, 0.1) is 5.92 Å². The normalized spacial score (nSPS) is 18.3.